The molecule has 0 atom stereocenters. The van der Waals surface area contributed by atoms with E-state index in [0.717, 1.165) is 16.6 Å². The first kappa shape index (κ1) is 20.3. The van der Waals surface area contributed by atoms with Crippen LogP contribution in [0, 0.1) is 18.6 Å². The number of rotatable bonds is 3. The molecule has 28 heavy (non-hydrogen) atoms. The zero-order valence-corrected chi connectivity index (χ0v) is 17.5. The molecular formula is C20H14F2N3NaO2. The molecule has 0 radical (unpaired) electrons. The molecular weight excluding hydrogens is 375 g/mol. The summed E-state index contributed by atoms with van der Waals surface area (Å²) in [7, 11) is 1.56. The number of halogens is 2. The van der Waals surface area contributed by atoms with Gasteiger partial charge in [0.1, 0.15) is 17.4 Å². The molecule has 0 fully saturated rings. The van der Waals surface area contributed by atoms with Gasteiger partial charge in [-0.1, -0.05) is 0 Å². The molecule has 2 heterocycles. The number of fused-ring (bicyclic) bond motifs is 1. The van der Waals surface area contributed by atoms with E-state index in [1.54, 1.807) is 38.3 Å². The monoisotopic (exact) mass is 389 g/mol. The first-order valence-electron chi connectivity index (χ1n) is 8.15. The van der Waals surface area contributed by atoms with Gasteiger partial charge in [-0.05, 0) is 55.3 Å². The zero-order valence-electron chi connectivity index (χ0n) is 15.5. The van der Waals surface area contributed by atoms with Crippen LogP contribution in [-0.4, -0.2) is 21.7 Å². The molecule has 4 aromatic rings. The molecule has 0 saturated carbocycles. The predicted molar refractivity (Wildman–Crippen MR) is 94.5 cm³/mol. The Kier molecular flexibility index (Phi) is 5.69. The first-order valence-corrected chi connectivity index (χ1v) is 8.15. The molecule has 0 bridgehead atoms. The maximum atomic E-state index is 14.3. The van der Waals surface area contributed by atoms with Crippen LogP contribution in [0.2, 0.25) is 0 Å². The molecule has 8 heteroatoms. The second-order valence-corrected chi connectivity index (χ2v) is 6.03. The molecule has 0 amide bonds. The van der Waals surface area contributed by atoms with Gasteiger partial charge in [0.15, 0.2) is 5.65 Å². The Balaban J connectivity index is 0.00000225. The summed E-state index contributed by atoms with van der Waals surface area (Å²) in [4.78, 5) is 4.52. The average molecular weight is 389 g/mol. The quantitative estimate of drug-likeness (QED) is 0.485. The van der Waals surface area contributed by atoms with Gasteiger partial charge in [0.2, 0.25) is 0 Å². The third-order valence-corrected chi connectivity index (χ3v) is 4.32. The molecule has 4 rings (SSSR count). The smallest absolute Gasteiger partial charge is 0.858 e. The standard InChI is InChI=1S/C20H15F2N3O2.Na/c1-11-19(15-8-5-13(21)9-16(15)22)20-23-17(10-18(26)25(20)24-11)12-3-6-14(27-2)7-4-12;/h3-10,26H,1-2H3;/q;+1/p-1. The van der Waals surface area contributed by atoms with Gasteiger partial charge in [0.05, 0.1) is 24.1 Å². The Bertz CT molecular complexity index is 1160. The van der Waals surface area contributed by atoms with Crippen molar-refractivity contribution < 1.29 is 48.2 Å². The van der Waals surface area contributed by atoms with Crippen LogP contribution < -0.4 is 39.4 Å². The summed E-state index contributed by atoms with van der Waals surface area (Å²) in [5.41, 5.74) is 2.29. The van der Waals surface area contributed by atoms with Crippen LogP contribution in [0.5, 0.6) is 11.6 Å². The minimum atomic E-state index is -0.739. The second-order valence-electron chi connectivity index (χ2n) is 6.03. The van der Waals surface area contributed by atoms with E-state index in [2.05, 4.69) is 10.1 Å². The van der Waals surface area contributed by atoms with E-state index in [9.17, 15) is 13.9 Å². The van der Waals surface area contributed by atoms with Gasteiger partial charge in [0.25, 0.3) is 0 Å². The Morgan fingerprint density at radius 1 is 1.04 bits per heavy atom. The predicted octanol–water partition coefficient (Wildman–Crippen LogP) is 0.736. The fourth-order valence-corrected chi connectivity index (χ4v) is 3.01. The molecule has 2 aromatic carbocycles. The summed E-state index contributed by atoms with van der Waals surface area (Å²) in [5.74, 6) is -1.13. The number of nitrogens with zero attached hydrogens (tertiary/aromatic N) is 3. The van der Waals surface area contributed by atoms with Gasteiger partial charge in [-0.25, -0.2) is 18.3 Å². The van der Waals surface area contributed by atoms with Crippen LogP contribution in [0.25, 0.3) is 28.0 Å². The average Bonchev–Trinajstić information content (AvgIpc) is 2.98. The number of methoxy groups -OCH3 is 1. The van der Waals surface area contributed by atoms with Gasteiger partial charge < -0.3 is 9.84 Å². The summed E-state index contributed by atoms with van der Waals surface area (Å²) < 4.78 is 33.9. The van der Waals surface area contributed by atoms with Crippen molar-refractivity contribution >= 4 is 5.65 Å². The first-order chi connectivity index (χ1) is 13.0. The fourth-order valence-electron chi connectivity index (χ4n) is 3.01. The minimum absolute atomic E-state index is 0. The SMILES string of the molecule is COc1ccc(-c2cc([O-])n3nc(C)c(-c4ccc(F)cc4F)c3n2)cc1.[Na+]. The van der Waals surface area contributed by atoms with Gasteiger partial charge in [-0.3, -0.25) is 0 Å². The number of hydrogen-bond donors (Lipinski definition) is 0. The maximum absolute atomic E-state index is 14.3. The molecule has 0 unspecified atom stereocenters. The fraction of sp³-hybridized carbons (Fsp3) is 0.100. The molecule has 5 nitrogen and oxygen atoms in total. The van der Waals surface area contributed by atoms with E-state index in [4.69, 9.17) is 4.74 Å². The third-order valence-electron chi connectivity index (χ3n) is 4.32. The molecule has 0 aliphatic carbocycles. The van der Waals surface area contributed by atoms with Crippen LogP contribution in [0.4, 0.5) is 8.78 Å². The summed E-state index contributed by atoms with van der Waals surface area (Å²) >= 11 is 0. The maximum Gasteiger partial charge on any atom is 1.00 e. The Hall–Kier alpha value is -2.48. The zero-order chi connectivity index (χ0) is 19.1. The van der Waals surface area contributed by atoms with Crippen molar-refractivity contribution in [2.75, 3.05) is 7.11 Å². The molecule has 136 valence electrons. The summed E-state index contributed by atoms with van der Waals surface area (Å²) in [6.45, 7) is 1.65. The van der Waals surface area contributed by atoms with Crippen molar-refractivity contribution in [2.45, 2.75) is 6.92 Å². The van der Waals surface area contributed by atoms with Gasteiger partial charge in [0, 0.05) is 17.2 Å². The van der Waals surface area contributed by atoms with Crippen LogP contribution in [0.1, 0.15) is 5.69 Å². The number of aryl methyl sites for hydroxylation is 1. The summed E-state index contributed by atoms with van der Waals surface area (Å²) in [5, 5.41) is 16.7. The Labute approximate surface area is 181 Å². The van der Waals surface area contributed by atoms with Gasteiger partial charge in [-0.15, -0.1) is 0 Å². The number of ether oxygens (including phenoxy) is 1. The molecule has 2 aromatic heterocycles. The number of aromatic nitrogens is 3. The van der Waals surface area contributed by atoms with E-state index < -0.39 is 11.6 Å². The number of hydrogen-bond acceptors (Lipinski definition) is 4. The minimum Gasteiger partial charge on any atom is -0.858 e. The summed E-state index contributed by atoms with van der Waals surface area (Å²) in [6.07, 6.45) is 0. The molecule has 0 saturated heterocycles. The normalized spacial score (nSPS) is 10.7. The Morgan fingerprint density at radius 2 is 1.75 bits per heavy atom. The van der Waals surface area contributed by atoms with Crippen molar-refractivity contribution in [3.8, 4) is 34.0 Å². The van der Waals surface area contributed by atoms with Gasteiger partial charge >= 0.3 is 29.6 Å². The van der Waals surface area contributed by atoms with E-state index in [-0.39, 0.29) is 46.6 Å². The van der Waals surface area contributed by atoms with E-state index in [0.29, 0.717) is 28.3 Å². The van der Waals surface area contributed by atoms with E-state index in [1.807, 2.05) is 0 Å². The molecule has 0 N–H and O–H groups in total. The summed E-state index contributed by atoms with van der Waals surface area (Å²) in [6, 6.07) is 11.7. The van der Waals surface area contributed by atoms with Crippen LogP contribution in [0.15, 0.2) is 48.5 Å². The molecule has 0 spiro atoms. The molecule has 0 aliphatic rings. The van der Waals surface area contributed by atoms with Crippen LogP contribution in [-0.2, 0) is 0 Å². The number of benzene rings is 2. The van der Waals surface area contributed by atoms with Crippen molar-refractivity contribution in [3.63, 3.8) is 0 Å². The van der Waals surface area contributed by atoms with Crippen molar-refractivity contribution in [3.05, 3.63) is 65.9 Å². The largest absolute Gasteiger partial charge is 1.00 e. The van der Waals surface area contributed by atoms with E-state index in [1.165, 1.54) is 12.1 Å². The van der Waals surface area contributed by atoms with Crippen molar-refractivity contribution in [1.29, 1.82) is 0 Å². The third kappa shape index (κ3) is 3.48. The van der Waals surface area contributed by atoms with Crippen LogP contribution >= 0.6 is 0 Å². The van der Waals surface area contributed by atoms with Gasteiger partial charge in [-0.2, -0.15) is 5.10 Å². The molecule has 0 aliphatic heterocycles. The van der Waals surface area contributed by atoms with Crippen molar-refractivity contribution in [1.82, 2.24) is 14.6 Å². The van der Waals surface area contributed by atoms with Crippen LogP contribution in [0.3, 0.4) is 0 Å². The van der Waals surface area contributed by atoms with E-state index >= 15 is 0 Å². The van der Waals surface area contributed by atoms with Crippen molar-refractivity contribution in [2.24, 2.45) is 0 Å². The second kappa shape index (κ2) is 7.87. The Morgan fingerprint density at radius 3 is 2.39 bits per heavy atom. The topological polar surface area (TPSA) is 62.5 Å².